The van der Waals surface area contributed by atoms with Gasteiger partial charge in [-0.05, 0) is 18.9 Å². The van der Waals surface area contributed by atoms with Crippen LogP contribution in [0.1, 0.15) is 54.8 Å². The van der Waals surface area contributed by atoms with E-state index in [1.54, 1.807) is 12.3 Å². The summed E-state index contributed by atoms with van der Waals surface area (Å²) in [6.45, 7) is 0. The molecule has 0 radical (unpaired) electrons. The van der Waals surface area contributed by atoms with E-state index < -0.39 is 11.9 Å². The number of carbonyl (C=O) groups is 1. The fraction of sp³-hybridized carbons (Fsp3) is 0.467. The van der Waals surface area contributed by atoms with Gasteiger partial charge in [-0.25, -0.2) is 9.67 Å². The largest absolute Gasteiger partial charge is 0.370 e. The van der Waals surface area contributed by atoms with Gasteiger partial charge in [0, 0.05) is 23.6 Å². The fourth-order valence-corrected chi connectivity index (χ4v) is 3.69. The molecule has 2 N–H and O–H groups in total. The third-order valence-electron chi connectivity index (χ3n) is 4.05. The topological polar surface area (TPSA) is 90.9 Å². The predicted molar refractivity (Wildman–Crippen MR) is 83.8 cm³/mol. The van der Waals surface area contributed by atoms with Crippen LogP contribution in [0.4, 0.5) is 0 Å². The summed E-state index contributed by atoms with van der Waals surface area (Å²) in [4.78, 5) is 27.8. The van der Waals surface area contributed by atoms with Crippen LogP contribution < -0.4 is 11.3 Å². The van der Waals surface area contributed by atoms with Gasteiger partial charge in [0.05, 0.1) is 12.1 Å². The summed E-state index contributed by atoms with van der Waals surface area (Å²) in [7, 11) is 0. The lowest BCUT2D eigenvalue weighted by atomic mass is 10.0. The van der Waals surface area contributed by atoms with Crippen LogP contribution in [0.15, 0.2) is 28.5 Å². The molecule has 7 heteroatoms. The molecule has 1 atom stereocenters. The zero-order chi connectivity index (χ0) is 15.5. The van der Waals surface area contributed by atoms with Crippen molar-refractivity contribution in [3.63, 3.8) is 0 Å². The quantitative estimate of drug-likeness (QED) is 0.910. The minimum Gasteiger partial charge on any atom is -0.370 e. The average molecular weight is 318 g/mol. The molecule has 0 aliphatic heterocycles. The summed E-state index contributed by atoms with van der Waals surface area (Å²) >= 11 is 1.40. The van der Waals surface area contributed by atoms with E-state index in [2.05, 4.69) is 10.1 Å². The average Bonchev–Trinajstić information content (AvgIpc) is 3.18. The SMILES string of the molecule is NC(=O)CC(c1nccs1)n1nc(C2CCCC2)ccc1=O. The lowest BCUT2D eigenvalue weighted by Crippen LogP contribution is -2.31. The zero-order valence-corrected chi connectivity index (χ0v) is 13.0. The third-order valence-corrected chi connectivity index (χ3v) is 4.92. The number of hydrogen-bond donors (Lipinski definition) is 1. The molecule has 1 saturated carbocycles. The second-order valence-corrected chi connectivity index (χ2v) is 6.51. The maximum Gasteiger partial charge on any atom is 0.267 e. The number of nitrogens with two attached hydrogens (primary N) is 1. The maximum atomic E-state index is 12.2. The molecule has 3 rings (SSSR count). The number of aromatic nitrogens is 3. The van der Waals surface area contributed by atoms with E-state index in [0.717, 1.165) is 18.5 Å². The van der Waals surface area contributed by atoms with Crippen LogP contribution in [-0.2, 0) is 4.79 Å². The van der Waals surface area contributed by atoms with Crippen molar-refractivity contribution >= 4 is 17.2 Å². The Morgan fingerprint density at radius 2 is 2.18 bits per heavy atom. The van der Waals surface area contributed by atoms with Gasteiger partial charge in [-0.2, -0.15) is 5.10 Å². The Kier molecular flexibility index (Phi) is 4.33. The Morgan fingerprint density at radius 1 is 1.41 bits per heavy atom. The van der Waals surface area contributed by atoms with Crippen molar-refractivity contribution in [2.24, 2.45) is 5.73 Å². The number of amides is 1. The Morgan fingerprint density at radius 3 is 2.82 bits per heavy atom. The van der Waals surface area contributed by atoms with E-state index in [-0.39, 0.29) is 12.0 Å². The molecule has 2 aromatic heterocycles. The number of nitrogens with zero attached hydrogens (tertiary/aromatic N) is 3. The maximum absolute atomic E-state index is 12.2. The van der Waals surface area contributed by atoms with E-state index in [1.807, 2.05) is 5.38 Å². The van der Waals surface area contributed by atoms with Gasteiger partial charge in [0.1, 0.15) is 11.0 Å². The molecule has 0 saturated heterocycles. The molecule has 2 heterocycles. The van der Waals surface area contributed by atoms with Crippen molar-refractivity contribution in [1.29, 1.82) is 0 Å². The van der Waals surface area contributed by atoms with E-state index in [9.17, 15) is 9.59 Å². The zero-order valence-electron chi connectivity index (χ0n) is 12.1. The Labute approximate surface area is 132 Å². The van der Waals surface area contributed by atoms with Gasteiger partial charge in [-0.3, -0.25) is 9.59 Å². The van der Waals surface area contributed by atoms with Gasteiger partial charge >= 0.3 is 0 Å². The molecule has 0 spiro atoms. The molecule has 116 valence electrons. The highest BCUT2D eigenvalue weighted by Gasteiger charge is 2.24. The Bertz CT molecular complexity index is 705. The summed E-state index contributed by atoms with van der Waals surface area (Å²) < 4.78 is 1.37. The number of primary amides is 1. The summed E-state index contributed by atoms with van der Waals surface area (Å²) in [5.41, 5.74) is 6.03. The van der Waals surface area contributed by atoms with Gasteiger partial charge in [0.2, 0.25) is 5.91 Å². The molecule has 1 aliphatic rings. The summed E-state index contributed by atoms with van der Waals surface area (Å²) in [6.07, 6.45) is 6.27. The van der Waals surface area contributed by atoms with E-state index >= 15 is 0 Å². The molecule has 6 nitrogen and oxygen atoms in total. The van der Waals surface area contributed by atoms with Crippen LogP contribution in [-0.4, -0.2) is 20.7 Å². The van der Waals surface area contributed by atoms with Crippen molar-refractivity contribution in [3.8, 4) is 0 Å². The predicted octanol–water partition coefficient (Wildman–Crippen LogP) is 1.82. The normalized spacial score (nSPS) is 16.7. The number of hydrogen-bond acceptors (Lipinski definition) is 5. The first-order valence-corrected chi connectivity index (χ1v) is 8.30. The minimum atomic E-state index is -0.522. The van der Waals surface area contributed by atoms with E-state index in [4.69, 9.17) is 5.73 Å². The fourth-order valence-electron chi connectivity index (χ4n) is 2.97. The molecule has 1 unspecified atom stereocenters. The standard InChI is InChI=1S/C15H18N4O2S/c16-13(20)9-12(15-17-7-8-22-15)19-14(21)6-5-11(18-19)10-3-1-2-4-10/h5-8,10,12H,1-4,9H2,(H2,16,20). The smallest absolute Gasteiger partial charge is 0.267 e. The number of thiazole rings is 1. The molecule has 1 aliphatic carbocycles. The van der Waals surface area contributed by atoms with Gasteiger partial charge in [0.15, 0.2) is 0 Å². The summed E-state index contributed by atoms with van der Waals surface area (Å²) in [6, 6.07) is 2.81. The van der Waals surface area contributed by atoms with Crippen LogP contribution in [0.5, 0.6) is 0 Å². The first-order valence-electron chi connectivity index (χ1n) is 7.42. The lowest BCUT2D eigenvalue weighted by molar-refractivity contribution is -0.118. The highest BCUT2D eigenvalue weighted by atomic mass is 32.1. The minimum absolute atomic E-state index is 0.0224. The van der Waals surface area contributed by atoms with Crippen LogP contribution in [0, 0.1) is 0 Å². The molecule has 1 amide bonds. The van der Waals surface area contributed by atoms with Crippen molar-refractivity contribution in [1.82, 2.24) is 14.8 Å². The lowest BCUT2D eigenvalue weighted by Gasteiger charge is -2.17. The van der Waals surface area contributed by atoms with Crippen LogP contribution in [0.3, 0.4) is 0 Å². The van der Waals surface area contributed by atoms with Crippen molar-refractivity contribution in [2.75, 3.05) is 0 Å². The highest BCUT2D eigenvalue weighted by molar-refractivity contribution is 7.09. The van der Waals surface area contributed by atoms with Crippen molar-refractivity contribution in [2.45, 2.75) is 44.1 Å². The van der Waals surface area contributed by atoms with E-state index in [0.29, 0.717) is 10.9 Å². The Balaban J connectivity index is 2.00. The molecule has 0 bridgehead atoms. The molecule has 2 aromatic rings. The molecular formula is C15H18N4O2S. The van der Waals surface area contributed by atoms with Crippen LogP contribution in [0.25, 0.3) is 0 Å². The van der Waals surface area contributed by atoms with Gasteiger partial charge in [0.25, 0.3) is 5.56 Å². The molecule has 22 heavy (non-hydrogen) atoms. The highest BCUT2D eigenvalue weighted by Crippen LogP contribution is 2.33. The number of carbonyl (C=O) groups excluding carboxylic acids is 1. The molecule has 1 fully saturated rings. The Hall–Kier alpha value is -2.02. The van der Waals surface area contributed by atoms with Gasteiger partial charge in [-0.1, -0.05) is 12.8 Å². The summed E-state index contributed by atoms with van der Waals surface area (Å²) in [5.74, 6) is -0.0717. The van der Waals surface area contributed by atoms with Crippen LogP contribution >= 0.6 is 11.3 Å². The first-order chi connectivity index (χ1) is 10.6. The second-order valence-electron chi connectivity index (χ2n) is 5.58. The van der Waals surface area contributed by atoms with Crippen LogP contribution in [0.2, 0.25) is 0 Å². The first kappa shape index (κ1) is 14.9. The van der Waals surface area contributed by atoms with Crippen molar-refractivity contribution in [3.05, 3.63) is 44.8 Å². The number of rotatable bonds is 5. The second kappa shape index (κ2) is 6.39. The summed E-state index contributed by atoms with van der Waals surface area (Å²) in [5, 5.41) is 7.02. The van der Waals surface area contributed by atoms with E-state index in [1.165, 1.54) is 34.9 Å². The monoisotopic (exact) mass is 318 g/mol. The van der Waals surface area contributed by atoms with Crippen molar-refractivity contribution < 1.29 is 4.79 Å². The van der Waals surface area contributed by atoms with Gasteiger partial charge in [-0.15, -0.1) is 11.3 Å². The van der Waals surface area contributed by atoms with Gasteiger partial charge < -0.3 is 5.73 Å². The molecular weight excluding hydrogens is 300 g/mol. The molecule has 0 aromatic carbocycles. The third kappa shape index (κ3) is 3.09.